The van der Waals surface area contributed by atoms with E-state index in [0.717, 1.165) is 66.4 Å². The lowest BCUT2D eigenvalue weighted by molar-refractivity contribution is 1.15. The van der Waals surface area contributed by atoms with Crippen LogP contribution in [0.4, 0.5) is 0 Å². The van der Waals surface area contributed by atoms with Gasteiger partial charge < -0.3 is 4.57 Å². The Hall–Kier alpha value is -7.50. The van der Waals surface area contributed by atoms with Gasteiger partial charge in [-0.05, 0) is 119 Å². The number of aromatic nitrogens is 2. The first-order valence-corrected chi connectivity index (χ1v) is 14.9. The van der Waals surface area contributed by atoms with Crippen LogP contribution in [-0.4, -0.2) is 9.55 Å². The Morgan fingerprint density at radius 2 is 0.958 bits per heavy atom. The van der Waals surface area contributed by atoms with Gasteiger partial charge in [-0.25, -0.2) is 0 Å². The maximum atomic E-state index is 10.3. The quantitative estimate of drug-likeness (QED) is 0.195. The minimum atomic E-state index is 0.395. The number of nitriles is 5. The number of rotatable bonds is 4. The first kappa shape index (κ1) is 29.2. The molecule has 0 amide bonds. The van der Waals surface area contributed by atoms with Crippen molar-refractivity contribution in [2.45, 2.75) is 6.92 Å². The van der Waals surface area contributed by atoms with E-state index in [-0.39, 0.29) is 0 Å². The van der Waals surface area contributed by atoms with Crippen molar-refractivity contribution in [1.82, 2.24) is 9.55 Å². The van der Waals surface area contributed by atoms with Gasteiger partial charge in [-0.3, -0.25) is 4.98 Å². The Morgan fingerprint density at radius 3 is 1.40 bits per heavy atom. The van der Waals surface area contributed by atoms with Crippen LogP contribution in [-0.2, 0) is 0 Å². The Kier molecular flexibility index (Phi) is 7.17. The lowest BCUT2D eigenvalue weighted by Gasteiger charge is -2.15. The Morgan fingerprint density at radius 1 is 0.479 bits per heavy atom. The summed E-state index contributed by atoms with van der Waals surface area (Å²) in [4.78, 5) is 4.13. The van der Waals surface area contributed by atoms with Gasteiger partial charge in [-0.1, -0.05) is 24.3 Å². The summed E-state index contributed by atoms with van der Waals surface area (Å²) in [5, 5.41) is 50.8. The molecule has 0 N–H and O–H groups in total. The first-order valence-electron chi connectivity index (χ1n) is 14.9. The summed E-state index contributed by atoms with van der Waals surface area (Å²) >= 11 is 0. The molecule has 48 heavy (non-hydrogen) atoms. The van der Waals surface area contributed by atoms with Gasteiger partial charge in [0, 0.05) is 23.2 Å². The highest BCUT2D eigenvalue weighted by Crippen LogP contribution is 2.39. The third-order valence-electron chi connectivity index (χ3n) is 8.51. The van der Waals surface area contributed by atoms with E-state index in [2.05, 4.69) is 39.9 Å². The lowest BCUT2D eigenvalue weighted by Crippen LogP contribution is -2.00. The predicted molar refractivity (Wildman–Crippen MR) is 183 cm³/mol. The van der Waals surface area contributed by atoms with Crippen molar-refractivity contribution < 1.29 is 0 Å². The Bertz CT molecular complexity index is 2490. The minimum absolute atomic E-state index is 0.395. The van der Waals surface area contributed by atoms with Crippen molar-refractivity contribution in [2.24, 2.45) is 0 Å². The molecule has 7 heteroatoms. The standard InChI is InChI=1S/C41H21N7/c1-25-10-38(30-6-8-47-9-7-30)35(24-46)19-39(25)48-40-17-31(33-13-26(20-42)11-27(14-33)21-43)2-4-36(40)37-5-3-32(18-41(37)48)34-15-28(22-44)12-29(16-34)23-45/h2-19H,1H3. The van der Waals surface area contributed by atoms with Crippen LogP contribution in [0.2, 0.25) is 0 Å². The molecule has 0 aliphatic rings. The fourth-order valence-corrected chi connectivity index (χ4v) is 6.28. The van der Waals surface area contributed by atoms with Crippen molar-refractivity contribution in [3.8, 4) is 69.4 Å². The molecule has 0 unspecified atom stereocenters. The molecule has 0 aliphatic carbocycles. The highest BCUT2D eigenvalue weighted by molar-refractivity contribution is 6.11. The van der Waals surface area contributed by atoms with Gasteiger partial charge in [0.25, 0.3) is 0 Å². The zero-order valence-corrected chi connectivity index (χ0v) is 25.5. The second kappa shape index (κ2) is 11.8. The summed E-state index contributed by atoms with van der Waals surface area (Å²) in [6.07, 6.45) is 3.40. The van der Waals surface area contributed by atoms with Crippen molar-refractivity contribution in [3.63, 3.8) is 0 Å². The molecule has 2 heterocycles. The SMILES string of the molecule is Cc1cc(-c2ccncc2)c(C#N)cc1-n1c2cc(-c3cc(C#N)cc(C#N)c3)ccc2c2ccc(-c3cc(C#N)cc(C#N)c3)cc21. The number of benzene rings is 5. The zero-order valence-electron chi connectivity index (χ0n) is 25.5. The first-order chi connectivity index (χ1) is 23.4. The molecule has 2 aromatic heterocycles. The lowest BCUT2D eigenvalue weighted by atomic mass is 9.97. The monoisotopic (exact) mass is 611 g/mol. The Labute approximate surface area is 276 Å². The summed E-state index contributed by atoms with van der Waals surface area (Å²) in [5.41, 5.74) is 10.4. The molecule has 0 bridgehead atoms. The number of hydrogen-bond acceptors (Lipinski definition) is 6. The van der Waals surface area contributed by atoms with Gasteiger partial charge in [0.05, 0.1) is 74.9 Å². The summed E-state index contributed by atoms with van der Waals surface area (Å²) in [6.45, 7) is 2.01. The third-order valence-corrected chi connectivity index (χ3v) is 8.51. The topological polar surface area (TPSA) is 137 Å². The van der Waals surface area contributed by atoms with Gasteiger partial charge in [-0.15, -0.1) is 0 Å². The second-order valence-electron chi connectivity index (χ2n) is 11.4. The third kappa shape index (κ3) is 4.96. The maximum absolute atomic E-state index is 10.3. The van der Waals surface area contributed by atoms with Crippen molar-refractivity contribution >= 4 is 21.8 Å². The number of hydrogen-bond donors (Lipinski definition) is 0. The van der Waals surface area contributed by atoms with Crippen LogP contribution < -0.4 is 0 Å². The van der Waals surface area contributed by atoms with Crippen LogP contribution >= 0.6 is 0 Å². The molecule has 0 atom stereocenters. The van der Waals surface area contributed by atoms with E-state index in [1.807, 2.05) is 67.6 Å². The zero-order chi connectivity index (χ0) is 33.4. The fourth-order valence-electron chi connectivity index (χ4n) is 6.28. The second-order valence-corrected chi connectivity index (χ2v) is 11.4. The van der Waals surface area contributed by atoms with Crippen LogP contribution in [0.3, 0.4) is 0 Å². The number of nitrogens with zero attached hydrogens (tertiary/aromatic N) is 7. The van der Waals surface area contributed by atoms with Gasteiger partial charge in [0.1, 0.15) is 0 Å². The summed E-state index contributed by atoms with van der Waals surface area (Å²) in [7, 11) is 0. The molecule has 0 spiro atoms. The average molecular weight is 612 g/mol. The van der Waals surface area contributed by atoms with E-state index >= 15 is 0 Å². The number of pyridine rings is 1. The van der Waals surface area contributed by atoms with Crippen molar-refractivity contribution in [1.29, 1.82) is 26.3 Å². The van der Waals surface area contributed by atoms with Gasteiger partial charge in [0.15, 0.2) is 0 Å². The molecule has 7 rings (SSSR count). The smallest absolute Gasteiger partial charge is 0.0998 e. The van der Waals surface area contributed by atoms with E-state index < -0.39 is 0 Å². The van der Waals surface area contributed by atoms with Gasteiger partial charge in [0.2, 0.25) is 0 Å². The summed E-state index contributed by atoms with van der Waals surface area (Å²) < 4.78 is 2.13. The van der Waals surface area contributed by atoms with Crippen molar-refractivity contribution in [3.05, 3.63) is 143 Å². The van der Waals surface area contributed by atoms with Gasteiger partial charge in [-0.2, -0.15) is 26.3 Å². The molecule has 0 fully saturated rings. The van der Waals surface area contributed by atoms with Crippen LogP contribution in [0.15, 0.2) is 109 Å². The Balaban J connectivity index is 1.55. The van der Waals surface area contributed by atoms with Crippen LogP contribution in [0.1, 0.15) is 33.4 Å². The van der Waals surface area contributed by atoms with Crippen LogP contribution in [0.25, 0.3) is 60.9 Å². The van der Waals surface area contributed by atoms with Gasteiger partial charge >= 0.3 is 0 Å². The molecule has 0 aliphatic heterocycles. The molecule has 220 valence electrons. The summed E-state index contributed by atoms with van der Waals surface area (Å²) in [5.74, 6) is 0. The van der Waals surface area contributed by atoms with E-state index in [1.54, 1.807) is 48.8 Å². The molecule has 7 aromatic rings. The molecule has 5 aromatic carbocycles. The highest BCUT2D eigenvalue weighted by Gasteiger charge is 2.19. The predicted octanol–water partition coefficient (Wildman–Crippen LogP) is 8.85. The molecule has 0 saturated heterocycles. The highest BCUT2D eigenvalue weighted by atomic mass is 15.0. The minimum Gasteiger partial charge on any atom is -0.309 e. The average Bonchev–Trinajstić information content (AvgIpc) is 3.47. The van der Waals surface area contributed by atoms with Crippen molar-refractivity contribution in [2.75, 3.05) is 0 Å². The normalized spacial score (nSPS) is 10.5. The number of aryl methyl sites for hydroxylation is 1. The van der Waals surface area contributed by atoms with E-state index in [0.29, 0.717) is 27.8 Å². The molecule has 0 saturated carbocycles. The summed E-state index contributed by atoms with van der Waals surface area (Å²) in [6, 6.07) is 41.0. The number of fused-ring (bicyclic) bond motifs is 3. The molecule has 7 nitrogen and oxygen atoms in total. The van der Waals surface area contributed by atoms with E-state index in [9.17, 15) is 26.3 Å². The largest absolute Gasteiger partial charge is 0.309 e. The molecular formula is C41H21N7. The molecular weight excluding hydrogens is 591 g/mol. The molecule has 0 radical (unpaired) electrons. The fraction of sp³-hybridized carbons (Fsp3) is 0.0244. The van der Waals surface area contributed by atoms with E-state index in [4.69, 9.17) is 0 Å². The van der Waals surface area contributed by atoms with Crippen LogP contribution in [0, 0.1) is 63.6 Å². The maximum Gasteiger partial charge on any atom is 0.0998 e. The van der Waals surface area contributed by atoms with E-state index in [1.165, 1.54) is 0 Å². The van der Waals surface area contributed by atoms with Crippen LogP contribution in [0.5, 0.6) is 0 Å².